The van der Waals surface area contributed by atoms with Gasteiger partial charge >= 0.3 is 23.9 Å². The van der Waals surface area contributed by atoms with E-state index in [0.29, 0.717) is 0 Å². The first kappa shape index (κ1) is 25.8. The minimum atomic E-state index is -1.30. The molecule has 10 heteroatoms. The van der Waals surface area contributed by atoms with E-state index in [1.54, 1.807) is 13.8 Å². The Kier molecular flexibility index (Phi) is 12.8. The van der Waals surface area contributed by atoms with Crippen molar-refractivity contribution in [2.75, 3.05) is 41.7 Å². The molecule has 0 rings (SSSR count). The fourth-order valence-electron chi connectivity index (χ4n) is 2.41. The van der Waals surface area contributed by atoms with E-state index in [1.165, 1.54) is 14.2 Å². The second-order valence-electron chi connectivity index (χ2n) is 6.18. The molecule has 10 nitrogen and oxygen atoms in total. The van der Waals surface area contributed by atoms with Crippen molar-refractivity contribution in [1.82, 2.24) is 0 Å². The summed E-state index contributed by atoms with van der Waals surface area (Å²) < 4.78 is 29.5. The van der Waals surface area contributed by atoms with E-state index in [9.17, 15) is 19.2 Å². The molecule has 0 aliphatic carbocycles. The third-order valence-corrected chi connectivity index (χ3v) is 3.76. The van der Waals surface area contributed by atoms with Gasteiger partial charge < -0.3 is 28.4 Å². The Hall–Kier alpha value is -2.20. The normalized spacial score (nSPS) is 14.9. The summed E-state index contributed by atoms with van der Waals surface area (Å²) in [6.45, 7) is 3.41. The van der Waals surface area contributed by atoms with Gasteiger partial charge in [-0.1, -0.05) is 0 Å². The van der Waals surface area contributed by atoms with Gasteiger partial charge in [0.15, 0.2) is 0 Å². The van der Waals surface area contributed by atoms with Crippen LogP contribution in [-0.2, 0) is 47.6 Å². The molecule has 0 bridgehead atoms. The molecule has 0 aromatic heterocycles. The van der Waals surface area contributed by atoms with E-state index < -0.39 is 60.8 Å². The zero-order chi connectivity index (χ0) is 21.7. The first-order chi connectivity index (χ1) is 13.2. The number of carbonyl (C=O) groups is 4. The lowest BCUT2D eigenvalue weighted by molar-refractivity contribution is -0.172. The summed E-state index contributed by atoms with van der Waals surface area (Å²) in [5, 5.41) is 0. The highest BCUT2D eigenvalue weighted by Gasteiger charge is 2.40. The third-order valence-electron chi connectivity index (χ3n) is 3.76. The molecule has 0 fully saturated rings. The molecule has 0 radical (unpaired) electrons. The van der Waals surface area contributed by atoms with Crippen LogP contribution in [0, 0.1) is 11.8 Å². The maximum atomic E-state index is 12.6. The van der Waals surface area contributed by atoms with E-state index in [-0.39, 0.29) is 13.2 Å². The van der Waals surface area contributed by atoms with Gasteiger partial charge in [-0.3, -0.25) is 19.2 Å². The predicted molar refractivity (Wildman–Crippen MR) is 95.1 cm³/mol. The number of esters is 4. The fraction of sp³-hybridized carbons (Fsp3) is 0.778. The van der Waals surface area contributed by atoms with Crippen LogP contribution >= 0.6 is 0 Å². The van der Waals surface area contributed by atoms with Crippen LogP contribution < -0.4 is 0 Å². The van der Waals surface area contributed by atoms with Crippen LogP contribution in [0.1, 0.15) is 26.7 Å². The quantitative estimate of drug-likeness (QED) is 0.315. The van der Waals surface area contributed by atoms with Crippen LogP contribution in [-0.4, -0.2) is 77.7 Å². The van der Waals surface area contributed by atoms with Crippen molar-refractivity contribution in [3.05, 3.63) is 0 Å². The van der Waals surface area contributed by atoms with Gasteiger partial charge in [0.25, 0.3) is 0 Å². The highest BCUT2D eigenvalue weighted by atomic mass is 16.6. The average Bonchev–Trinajstić information content (AvgIpc) is 2.63. The summed E-state index contributed by atoms with van der Waals surface area (Å²) >= 11 is 0. The molecule has 0 aromatic carbocycles. The molecule has 4 atom stereocenters. The van der Waals surface area contributed by atoms with Crippen LogP contribution in [0.3, 0.4) is 0 Å². The van der Waals surface area contributed by atoms with Gasteiger partial charge in [0.2, 0.25) is 0 Å². The van der Waals surface area contributed by atoms with Gasteiger partial charge in [0.1, 0.15) is 12.2 Å². The summed E-state index contributed by atoms with van der Waals surface area (Å²) in [5.41, 5.74) is 0. The first-order valence-electron chi connectivity index (χ1n) is 8.72. The molecule has 162 valence electrons. The summed E-state index contributed by atoms with van der Waals surface area (Å²) in [4.78, 5) is 48.9. The van der Waals surface area contributed by atoms with Gasteiger partial charge in [-0.05, 0) is 13.8 Å². The standard InChI is InChI=1S/C18H30O10/c1-11(9-23-3)27-17(21)13(7-15(19)25-5)14(8-16(20)26-6)18(22)28-12(2)10-24-4/h11-14H,7-10H2,1-6H3. The minimum Gasteiger partial charge on any atom is -0.469 e. The number of hydrogen-bond acceptors (Lipinski definition) is 10. The van der Waals surface area contributed by atoms with Crippen LogP contribution in [0.2, 0.25) is 0 Å². The molecule has 0 N–H and O–H groups in total. The van der Waals surface area contributed by atoms with Crippen molar-refractivity contribution in [2.45, 2.75) is 38.9 Å². The van der Waals surface area contributed by atoms with Crippen LogP contribution in [0.5, 0.6) is 0 Å². The van der Waals surface area contributed by atoms with Crippen molar-refractivity contribution in [2.24, 2.45) is 11.8 Å². The van der Waals surface area contributed by atoms with E-state index in [0.717, 1.165) is 14.2 Å². The minimum absolute atomic E-state index is 0.119. The lowest BCUT2D eigenvalue weighted by Gasteiger charge is -2.25. The monoisotopic (exact) mass is 406 g/mol. The van der Waals surface area contributed by atoms with Gasteiger partial charge in [0.05, 0.1) is 52.1 Å². The SMILES string of the molecule is COCC(C)OC(=O)C(CC(=O)OC)C(CC(=O)OC)C(=O)OC(C)COC. The van der Waals surface area contributed by atoms with Crippen molar-refractivity contribution < 1.29 is 47.6 Å². The van der Waals surface area contributed by atoms with Gasteiger partial charge in [-0.2, -0.15) is 0 Å². The van der Waals surface area contributed by atoms with Crippen LogP contribution in [0.15, 0.2) is 0 Å². The largest absolute Gasteiger partial charge is 0.469 e. The highest BCUT2D eigenvalue weighted by molar-refractivity contribution is 5.88. The van der Waals surface area contributed by atoms with E-state index in [2.05, 4.69) is 9.47 Å². The van der Waals surface area contributed by atoms with Gasteiger partial charge in [0, 0.05) is 14.2 Å². The molecule has 0 heterocycles. The van der Waals surface area contributed by atoms with Crippen molar-refractivity contribution in [3.63, 3.8) is 0 Å². The van der Waals surface area contributed by atoms with E-state index >= 15 is 0 Å². The van der Waals surface area contributed by atoms with Gasteiger partial charge in [-0.15, -0.1) is 0 Å². The number of methoxy groups -OCH3 is 4. The predicted octanol–water partition coefficient (Wildman–Crippen LogP) is 0.501. The molecule has 0 saturated heterocycles. The highest BCUT2D eigenvalue weighted by Crippen LogP contribution is 2.25. The Balaban J connectivity index is 5.64. The summed E-state index contributed by atoms with van der Waals surface area (Å²) in [5.74, 6) is -5.77. The Morgan fingerprint density at radius 3 is 1.21 bits per heavy atom. The molecule has 28 heavy (non-hydrogen) atoms. The smallest absolute Gasteiger partial charge is 0.310 e. The van der Waals surface area contributed by atoms with E-state index in [4.69, 9.17) is 18.9 Å². The molecule has 4 unspecified atom stereocenters. The molecule has 0 amide bonds. The Labute approximate surface area is 164 Å². The average molecular weight is 406 g/mol. The second-order valence-corrected chi connectivity index (χ2v) is 6.18. The fourth-order valence-corrected chi connectivity index (χ4v) is 2.41. The molecule has 0 saturated carbocycles. The Bertz CT molecular complexity index is 472. The van der Waals surface area contributed by atoms with Crippen LogP contribution in [0.25, 0.3) is 0 Å². The Morgan fingerprint density at radius 1 is 0.643 bits per heavy atom. The first-order valence-corrected chi connectivity index (χ1v) is 8.72. The van der Waals surface area contributed by atoms with Gasteiger partial charge in [-0.25, -0.2) is 0 Å². The zero-order valence-electron chi connectivity index (χ0n) is 17.2. The summed E-state index contributed by atoms with van der Waals surface area (Å²) in [6.07, 6.45) is -2.19. The molecular weight excluding hydrogens is 376 g/mol. The maximum absolute atomic E-state index is 12.6. The zero-order valence-corrected chi connectivity index (χ0v) is 17.2. The molecule has 0 spiro atoms. The summed E-state index contributed by atoms with van der Waals surface area (Å²) in [7, 11) is 5.16. The molecular formula is C18H30O10. The van der Waals surface area contributed by atoms with Crippen molar-refractivity contribution in [1.29, 1.82) is 0 Å². The number of ether oxygens (including phenoxy) is 6. The molecule has 0 aliphatic rings. The number of hydrogen-bond donors (Lipinski definition) is 0. The second kappa shape index (κ2) is 13.9. The topological polar surface area (TPSA) is 124 Å². The van der Waals surface area contributed by atoms with Crippen LogP contribution in [0.4, 0.5) is 0 Å². The third kappa shape index (κ3) is 9.65. The lowest BCUT2D eigenvalue weighted by Crippen LogP contribution is -2.39. The van der Waals surface area contributed by atoms with Crippen molar-refractivity contribution in [3.8, 4) is 0 Å². The molecule has 0 aliphatic heterocycles. The lowest BCUT2D eigenvalue weighted by atomic mass is 9.86. The van der Waals surface area contributed by atoms with Crippen molar-refractivity contribution >= 4 is 23.9 Å². The number of rotatable bonds is 13. The molecule has 0 aromatic rings. The Morgan fingerprint density at radius 2 is 0.964 bits per heavy atom. The number of carbonyl (C=O) groups excluding carboxylic acids is 4. The maximum Gasteiger partial charge on any atom is 0.310 e. The van der Waals surface area contributed by atoms with E-state index in [1.807, 2.05) is 0 Å². The summed E-state index contributed by atoms with van der Waals surface area (Å²) in [6, 6.07) is 0.